The van der Waals surface area contributed by atoms with Gasteiger partial charge in [0.1, 0.15) is 0 Å². The fourth-order valence-corrected chi connectivity index (χ4v) is 1.87. The van der Waals surface area contributed by atoms with E-state index in [4.69, 9.17) is 5.11 Å². The first kappa shape index (κ1) is 12.0. The van der Waals surface area contributed by atoms with Gasteiger partial charge in [0, 0.05) is 12.0 Å². The standard InChI is InChI=1S/C11H19NO3/c1-7(11(14)15)8(2)12-10(13)9-5-3-4-6-9/h7-9H,3-6H2,1-2H3,(H,12,13)(H,14,15). The Balaban J connectivity index is 2.39. The molecule has 0 aliphatic heterocycles. The summed E-state index contributed by atoms with van der Waals surface area (Å²) in [6.07, 6.45) is 4.11. The van der Waals surface area contributed by atoms with Crippen LogP contribution in [0.4, 0.5) is 0 Å². The van der Waals surface area contributed by atoms with Crippen LogP contribution in [0.15, 0.2) is 0 Å². The van der Waals surface area contributed by atoms with Crippen LogP contribution in [0.1, 0.15) is 39.5 Å². The van der Waals surface area contributed by atoms with Gasteiger partial charge in [-0.3, -0.25) is 9.59 Å². The number of carbonyl (C=O) groups is 2. The van der Waals surface area contributed by atoms with E-state index in [2.05, 4.69) is 5.32 Å². The van der Waals surface area contributed by atoms with Gasteiger partial charge in [-0.1, -0.05) is 12.8 Å². The number of hydrogen-bond donors (Lipinski definition) is 2. The molecule has 0 aromatic heterocycles. The highest BCUT2D eigenvalue weighted by Crippen LogP contribution is 2.24. The summed E-state index contributed by atoms with van der Waals surface area (Å²) in [5.74, 6) is -1.27. The lowest BCUT2D eigenvalue weighted by Crippen LogP contribution is -2.42. The number of rotatable bonds is 4. The van der Waals surface area contributed by atoms with Gasteiger partial charge >= 0.3 is 5.97 Å². The first-order chi connectivity index (χ1) is 7.02. The van der Waals surface area contributed by atoms with Crippen molar-refractivity contribution in [3.63, 3.8) is 0 Å². The van der Waals surface area contributed by atoms with E-state index in [0.717, 1.165) is 25.7 Å². The minimum Gasteiger partial charge on any atom is -0.481 e. The molecule has 4 nitrogen and oxygen atoms in total. The van der Waals surface area contributed by atoms with E-state index in [0.29, 0.717) is 0 Å². The second-order valence-electron chi connectivity index (χ2n) is 4.41. The van der Waals surface area contributed by atoms with Crippen molar-refractivity contribution < 1.29 is 14.7 Å². The Morgan fingerprint density at radius 2 is 1.80 bits per heavy atom. The highest BCUT2D eigenvalue weighted by atomic mass is 16.4. The first-order valence-corrected chi connectivity index (χ1v) is 5.55. The molecule has 2 N–H and O–H groups in total. The summed E-state index contributed by atoms with van der Waals surface area (Å²) in [7, 11) is 0. The lowest BCUT2D eigenvalue weighted by molar-refractivity contribution is -0.142. The van der Waals surface area contributed by atoms with Crippen molar-refractivity contribution in [3.8, 4) is 0 Å². The Morgan fingerprint density at radius 3 is 2.27 bits per heavy atom. The zero-order valence-corrected chi connectivity index (χ0v) is 9.32. The minimum absolute atomic E-state index is 0.0214. The van der Waals surface area contributed by atoms with Crippen LogP contribution in [0.3, 0.4) is 0 Å². The Bertz CT molecular complexity index is 246. The molecule has 0 saturated heterocycles. The predicted octanol–water partition coefficient (Wildman–Crippen LogP) is 1.40. The quantitative estimate of drug-likeness (QED) is 0.741. The maximum Gasteiger partial charge on any atom is 0.308 e. The number of amides is 1. The number of hydrogen-bond acceptors (Lipinski definition) is 2. The second-order valence-corrected chi connectivity index (χ2v) is 4.41. The Hall–Kier alpha value is -1.06. The third kappa shape index (κ3) is 3.22. The molecule has 0 aromatic carbocycles. The third-order valence-electron chi connectivity index (χ3n) is 3.24. The molecule has 1 fully saturated rings. The van der Waals surface area contributed by atoms with Crippen molar-refractivity contribution in [2.45, 2.75) is 45.6 Å². The maximum absolute atomic E-state index is 11.7. The van der Waals surface area contributed by atoms with Gasteiger partial charge in [0.25, 0.3) is 0 Å². The summed E-state index contributed by atoms with van der Waals surface area (Å²) in [6.45, 7) is 3.35. The fourth-order valence-electron chi connectivity index (χ4n) is 1.87. The predicted molar refractivity (Wildman–Crippen MR) is 56.4 cm³/mol. The smallest absolute Gasteiger partial charge is 0.308 e. The molecular formula is C11H19NO3. The van der Waals surface area contributed by atoms with Crippen LogP contribution in [-0.4, -0.2) is 23.0 Å². The molecular weight excluding hydrogens is 194 g/mol. The second kappa shape index (κ2) is 5.14. The van der Waals surface area contributed by atoms with Gasteiger partial charge < -0.3 is 10.4 Å². The summed E-state index contributed by atoms with van der Waals surface area (Å²) in [5.41, 5.74) is 0. The molecule has 1 rings (SSSR count). The largest absolute Gasteiger partial charge is 0.481 e. The number of nitrogens with one attached hydrogen (secondary N) is 1. The topological polar surface area (TPSA) is 66.4 Å². The van der Waals surface area contributed by atoms with Gasteiger partial charge in [-0.05, 0) is 26.7 Å². The van der Waals surface area contributed by atoms with Crippen molar-refractivity contribution in [2.75, 3.05) is 0 Å². The van der Waals surface area contributed by atoms with Gasteiger partial charge in [-0.2, -0.15) is 0 Å². The molecule has 2 unspecified atom stereocenters. The lowest BCUT2D eigenvalue weighted by atomic mass is 10.0. The molecule has 0 radical (unpaired) electrons. The number of carboxylic acids is 1. The molecule has 1 aliphatic carbocycles. The summed E-state index contributed by atoms with van der Waals surface area (Å²) >= 11 is 0. The monoisotopic (exact) mass is 213 g/mol. The lowest BCUT2D eigenvalue weighted by Gasteiger charge is -2.19. The minimum atomic E-state index is -0.866. The van der Waals surface area contributed by atoms with Crippen LogP contribution in [0.25, 0.3) is 0 Å². The zero-order chi connectivity index (χ0) is 11.4. The van der Waals surface area contributed by atoms with E-state index in [-0.39, 0.29) is 17.9 Å². The summed E-state index contributed by atoms with van der Waals surface area (Å²) < 4.78 is 0. The number of aliphatic carboxylic acids is 1. The molecule has 0 bridgehead atoms. The van der Waals surface area contributed by atoms with Crippen molar-refractivity contribution in [1.29, 1.82) is 0 Å². The van der Waals surface area contributed by atoms with Gasteiger partial charge in [-0.15, -0.1) is 0 Å². The molecule has 2 atom stereocenters. The highest BCUT2D eigenvalue weighted by Gasteiger charge is 2.26. The molecule has 0 heterocycles. The Kier molecular flexibility index (Phi) is 4.12. The Morgan fingerprint density at radius 1 is 1.27 bits per heavy atom. The van der Waals surface area contributed by atoms with Crippen LogP contribution in [0.5, 0.6) is 0 Å². The van der Waals surface area contributed by atoms with Crippen molar-refractivity contribution in [2.24, 2.45) is 11.8 Å². The van der Waals surface area contributed by atoms with E-state index in [1.807, 2.05) is 0 Å². The van der Waals surface area contributed by atoms with Crippen LogP contribution >= 0.6 is 0 Å². The van der Waals surface area contributed by atoms with Crippen LogP contribution in [0, 0.1) is 11.8 Å². The molecule has 4 heteroatoms. The molecule has 86 valence electrons. The molecule has 15 heavy (non-hydrogen) atoms. The van der Waals surface area contributed by atoms with Crippen molar-refractivity contribution in [3.05, 3.63) is 0 Å². The fraction of sp³-hybridized carbons (Fsp3) is 0.818. The summed E-state index contributed by atoms with van der Waals surface area (Å²) in [6, 6.07) is -0.296. The van der Waals surface area contributed by atoms with Crippen LogP contribution < -0.4 is 5.32 Å². The molecule has 0 spiro atoms. The molecule has 1 saturated carbocycles. The van der Waals surface area contributed by atoms with Crippen molar-refractivity contribution >= 4 is 11.9 Å². The summed E-state index contributed by atoms with van der Waals surface area (Å²) in [4.78, 5) is 22.4. The zero-order valence-electron chi connectivity index (χ0n) is 9.32. The molecule has 0 aromatic rings. The van der Waals surface area contributed by atoms with E-state index in [9.17, 15) is 9.59 Å². The van der Waals surface area contributed by atoms with Gasteiger partial charge in [0.2, 0.25) is 5.91 Å². The van der Waals surface area contributed by atoms with Crippen molar-refractivity contribution in [1.82, 2.24) is 5.32 Å². The van der Waals surface area contributed by atoms with Crippen LogP contribution in [0.2, 0.25) is 0 Å². The van der Waals surface area contributed by atoms with Crippen LogP contribution in [-0.2, 0) is 9.59 Å². The van der Waals surface area contributed by atoms with E-state index >= 15 is 0 Å². The van der Waals surface area contributed by atoms with E-state index < -0.39 is 11.9 Å². The third-order valence-corrected chi connectivity index (χ3v) is 3.24. The maximum atomic E-state index is 11.7. The SMILES string of the molecule is CC(NC(=O)C1CCCC1)C(C)C(=O)O. The Labute approximate surface area is 90.0 Å². The average molecular weight is 213 g/mol. The van der Waals surface area contributed by atoms with Gasteiger partial charge in [0.05, 0.1) is 5.92 Å². The van der Waals surface area contributed by atoms with Gasteiger partial charge in [-0.25, -0.2) is 0 Å². The highest BCUT2D eigenvalue weighted by molar-refractivity contribution is 5.80. The summed E-state index contributed by atoms with van der Waals surface area (Å²) in [5, 5.41) is 11.6. The first-order valence-electron chi connectivity index (χ1n) is 5.55. The van der Waals surface area contributed by atoms with E-state index in [1.54, 1.807) is 13.8 Å². The molecule has 1 amide bonds. The average Bonchev–Trinajstić information content (AvgIpc) is 2.68. The van der Waals surface area contributed by atoms with E-state index in [1.165, 1.54) is 0 Å². The number of carboxylic acid groups (broad SMARTS) is 1. The molecule has 1 aliphatic rings. The van der Waals surface area contributed by atoms with Gasteiger partial charge in [0.15, 0.2) is 0 Å². The normalized spacial score (nSPS) is 20.9. The number of carbonyl (C=O) groups excluding carboxylic acids is 1.